The van der Waals surface area contributed by atoms with Crippen LogP contribution in [0.4, 0.5) is 0 Å². The first-order valence-electron chi connectivity index (χ1n) is 9.78. The van der Waals surface area contributed by atoms with E-state index < -0.39 is 0 Å². The minimum absolute atomic E-state index is 0.456. The molecule has 2 heteroatoms. The van der Waals surface area contributed by atoms with E-state index in [2.05, 4.69) is 116 Å². The fraction of sp³-hybridized carbons (Fsp3) is 0.240. The van der Waals surface area contributed by atoms with Crippen molar-refractivity contribution in [1.29, 1.82) is 0 Å². The molecule has 4 aromatic rings. The standard InChI is InChI=1S/C25H27N2/c1-18(2)21-13-10-14-22(19(3)4)25(21)27-17-26-16-9-8-15-23(26)24(27)20-11-6-5-7-12-20/h5-19H,1-4H3/q+1. The number of aromatic nitrogens is 2. The van der Waals surface area contributed by atoms with Crippen molar-refractivity contribution < 1.29 is 4.57 Å². The Morgan fingerprint density at radius 3 is 1.96 bits per heavy atom. The molecule has 0 aliphatic heterocycles. The van der Waals surface area contributed by atoms with Gasteiger partial charge < -0.3 is 0 Å². The van der Waals surface area contributed by atoms with E-state index in [4.69, 9.17) is 0 Å². The van der Waals surface area contributed by atoms with Crippen LogP contribution in [0.25, 0.3) is 22.5 Å². The molecule has 0 radical (unpaired) electrons. The molecule has 4 rings (SSSR count). The second-order valence-electron chi connectivity index (χ2n) is 7.79. The molecule has 0 amide bonds. The van der Waals surface area contributed by atoms with Gasteiger partial charge in [-0.3, -0.25) is 0 Å². The molecule has 0 aliphatic rings. The summed E-state index contributed by atoms with van der Waals surface area (Å²) >= 11 is 0. The van der Waals surface area contributed by atoms with E-state index >= 15 is 0 Å². The van der Waals surface area contributed by atoms with Crippen LogP contribution in [-0.4, -0.2) is 4.40 Å². The van der Waals surface area contributed by atoms with Gasteiger partial charge >= 0.3 is 0 Å². The molecule has 0 unspecified atom stereocenters. The van der Waals surface area contributed by atoms with Crippen LogP contribution in [0.15, 0.2) is 79.3 Å². The second kappa shape index (κ2) is 7.03. The highest BCUT2D eigenvalue weighted by Gasteiger charge is 2.26. The van der Waals surface area contributed by atoms with E-state index in [-0.39, 0.29) is 0 Å². The number of pyridine rings is 1. The van der Waals surface area contributed by atoms with Gasteiger partial charge in [0.1, 0.15) is 5.69 Å². The molecule has 27 heavy (non-hydrogen) atoms. The summed E-state index contributed by atoms with van der Waals surface area (Å²) in [5, 5.41) is 0. The van der Waals surface area contributed by atoms with Crippen molar-refractivity contribution in [3.63, 3.8) is 0 Å². The Bertz CT molecular complexity index is 1050. The zero-order chi connectivity index (χ0) is 19.0. The monoisotopic (exact) mass is 355 g/mol. The molecular weight excluding hydrogens is 328 g/mol. The first kappa shape index (κ1) is 17.5. The van der Waals surface area contributed by atoms with Gasteiger partial charge in [0.25, 0.3) is 6.33 Å². The van der Waals surface area contributed by atoms with E-state index in [0.717, 1.165) is 0 Å². The maximum atomic E-state index is 2.40. The highest BCUT2D eigenvalue weighted by Crippen LogP contribution is 2.31. The van der Waals surface area contributed by atoms with E-state index in [1.54, 1.807) is 0 Å². The highest BCUT2D eigenvalue weighted by atomic mass is 15.1. The van der Waals surface area contributed by atoms with Crippen molar-refractivity contribution in [2.24, 2.45) is 0 Å². The van der Waals surface area contributed by atoms with Crippen molar-refractivity contribution in [3.05, 3.63) is 90.4 Å². The largest absolute Gasteiger partial charge is 0.254 e. The number of rotatable bonds is 4. The van der Waals surface area contributed by atoms with Crippen molar-refractivity contribution in [2.45, 2.75) is 39.5 Å². The molecule has 0 saturated carbocycles. The summed E-state index contributed by atoms with van der Waals surface area (Å²) in [5.74, 6) is 0.913. The van der Waals surface area contributed by atoms with Crippen LogP contribution in [0.5, 0.6) is 0 Å². The SMILES string of the molecule is CC(C)c1cccc(C(C)C)c1-[n+]1cn2ccccc2c1-c1ccccc1. The number of benzene rings is 2. The quantitative estimate of drug-likeness (QED) is 0.389. The van der Waals surface area contributed by atoms with Crippen molar-refractivity contribution in [2.75, 3.05) is 0 Å². The van der Waals surface area contributed by atoms with Crippen molar-refractivity contribution in [3.8, 4) is 16.9 Å². The molecule has 0 atom stereocenters. The van der Waals surface area contributed by atoms with Gasteiger partial charge in [0, 0.05) is 16.7 Å². The van der Waals surface area contributed by atoms with Crippen LogP contribution < -0.4 is 4.57 Å². The molecule has 2 aromatic carbocycles. The molecule has 0 saturated heterocycles. The van der Waals surface area contributed by atoms with Gasteiger partial charge in [0.15, 0.2) is 11.2 Å². The van der Waals surface area contributed by atoms with Gasteiger partial charge in [0.05, 0.1) is 6.20 Å². The van der Waals surface area contributed by atoms with E-state index in [1.165, 1.54) is 33.6 Å². The fourth-order valence-corrected chi connectivity index (χ4v) is 3.91. The lowest BCUT2D eigenvalue weighted by Crippen LogP contribution is -2.34. The Kier molecular flexibility index (Phi) is 4.57. The van der Waals surface area contributed by atoms with Crippen LogP contribution >= 0.6 is 0 Å². The van der Waals surface area contributed by atoms with Gasteiger partial charge in [-0.2, -0.15) is 4.57 Å². The number of para-hydroxylation sites is 1. The highest BCUT2D eigenvalue weighted by molar-refractivity contribution is 5.75. The molecular formula is C25H27N2+. The lowest BCUT2D eigenvalue weighted by Gasteiger charge is -2.17. The summed E-state index contributed by atoms with van der Waals surface area (Å²) in [6.07, 6.45) is 4.36. The summed E-state index contributed by atoms with van der Waals surface area (Å²) in [6.45, 7) is 9.12. The maximum absolute atomic E-state index is 2.40. The average molecular weight is 356 g/mol. The fourth-order valence-electron chi connectivity index (χ4n) is 3.91. The Morgan fingerprint density at radius 1 is 0.704 bits per heavy atom. The molecule has 2 nitrogen and oxygen atoms in total. The van der Waals surface area contributed by atoms with Gasteiger partial charge in [-0.15, -0.1) is 0 Å². The molecule has 2 aromatic heterocycles. The van der Waals surface area contributed by atoms with E-state index in [0.29, 0.717) is 11.8 Å². The first-order chi connectivity index (χ1) is 13.1. The summed E-state index contributed by atoms with van der Waals surface area (Å²) in [5.41, 5.74) is 7.80. The van der Waals surface area contributed by atoms with Crippen molar-refractivity contribution in [1.82, 2.24) is 4.40 Å². The van der Waals surface area contributed by atoms with Crippen LogP contribution in [0, 0.1) is 0 Å². The molecule has 0 aliphatic carbocycles. The minimum Gasteiger partial charge on any atom is -0.201 e. The van der Waals surface area contributed by atoms with Gasteiger partial charge in [0.2, 0.25) is 0 Å². The predicted molar refractivity (Wildman–Crippen MR) is 113 cm³/mol. The normalized spacial score (nSPS) is 11.6. The van der Waals surface area contributed by atoms with Gasteiger partial charge in [-0.25, -0.2) is 4.40 Å². The second-order valence-corrected chi connectivity index (χ2v) is 7.79. The van der Waals surface area contributed by atoms with Crippen molar-refractivity contribution >= 4 is 5.52 Å². The van der Waals surface area contributed by atoms with Gasteiger partial charge in [-0.1, -0.05) is 82.3 Å². The van der Waals surface area contributed by atoms with Crippen LogP contribution in [-0.2, 0) is 0 Å². The first-order valence-corrected chi connectivity index (χ1v) is 9.78. The smallest absolute Gasteiger partial charge is 0.201 e. The zero-order valence-corrected chi connectivity index (χ0v) is 16.6. The average Bonchev–Trinajstić information content (AvgIpc) is 3.07. The summed E-state index contributed by atoms with van der Waals surface area (Å²) in [7, 11) is 0. The number of imidazole rings is 1. The Labute approximate surface area is 161 Å². The number of hydrogen-bond donors (Lipinski definition) is 0. The Hall–Kier alpha value is -2.87. The topological polar surface area (TPSA) is 8.29 Å². The molecule has 0 N–H and O–H groups in total. The lowest BCUT2D eigenvalue weighted by atomic mass is 9.92. The Morgan fingerprint density at radius 2 is 1.33 bits per heavy atom. The number of fused-ring (bicyclic) bond motifs is 1. The van der Waals surface area contributed by atoms with E-state index in [9.17, 15) is 0 Å². The van der Waals surface area contributed by atoms with Crippen LogP contribution in [0.1, 0.15) is 50.7 Å². The summed E-state index contributed by atoms with van der Waals surface area (Å²) < 4.78 is 4.62. The zero-order valence-electron chi connectivity index (χ0n) is 16.6. The molecule has 0 fully saturated rings. The predicted octanol–water partition coefficient (Wildman–Crippen LogP) is 6.13. The maximum Gasteiger partial charge on any atom is 0.254 e. The Balaban J connectivity index is 2.13. The molecule has 0 spiro atoms. The third-order valence-corrected chi connectivity index (χ3v) is 5.24. The molecule has 2 heterocycles. The number of hydrogen-bond acceptors (Lipinski definition) is 0. The summed E-state index contributed by atoms with van der Waals surface area (Å²) in [6, 6.07) is 23.9. The van der Waals surface area contributed by atoms with Gasteiger partial charge in [-0.05, 0) is 24.0 Å². The van der Waals surface area contributed by atoms with Crippen LogP contribution in [0.2, 0.25) is 0 Å². The minimum atomic E-state index is 0.456. The van der Waals surface area contributed by atoms with E-state index in [1.807, 2.05) is 0 Å². The summed E-state index contributed by atoms with van der Waals surface area (Å²) in [4.78, 5) is 0. The number of nitrogens with zero attached hydrogens (tertiary/aromatic N) is 2. The molecule has 0 bridgehead atoms. The third-order valence-electron chi connectivity index (χ3n) is 5.24. The third kappa shape index (κ3) is 3.06. The van der Waals surface area contributed by atoms with Crippen LogP contribution in [0.3, 0.4) is 0 Å². The lowest BCUT2D eigenvalue weighted by molar-refractivity contribution is -0.584. The molecule has 136 valence electrons.